The molecule has 1 fully saturated rings. The van der Waals surface area contributed by atoms with Gasteiger partial charge in [-0.25, -0.2) is 9.78 Å². The highest BCUT2D eigenvalue weighted by Gasteiger charge is 2.28. The predicted octanol–water partition coefficient (Wildman–Crippen LogP) is 3.24. The molecule has 1 aliphatic rings. The summed E-state index contributed by atoms with van der Waals surface area (Å²) in [5.41, 5.74) is 0.452. The molecule has 0 aliphatic carbocycles. The lowest BCUT2D eigenvalue weighted by molar-refractivity contribution is 0.0204. The smallest absolute Gasteiger partial charge is 0.410 e. The van der Waals surface area contributed by atoms with E-state index in [0.29, 0.717) is 24.2 Å². The van der Waals surface area contributed by atoms with Gasteiger partial charge in [0.25, 0.3) is 0 Å². The Morgan fingerprint density at radius 3 is 2.55 bits per heavy atom. The first-order valence-electron chi connectivity index (χ1n) is 6.80. The van der Waals surface area contributed by atoms with Gasteiger partial charge in [0.1, 0.15) is 10.8 Å². The zero-order chi connectivity index (χ0) is 14.8. The maximum atomic E-state index is 12.0. The molecular weight excluding hydrogens is 278 g/mol. The van der Waals surface area contributed by atoms with Crippen molar-refractivity contribution in [3.8, 4) is 0 Å². The van der Waals surface area contributed by atoms with Gasteiger partial charge in [0.05, 0.1) is 11.9 Å². The van der Waals surface area contributed by atoms with Crippen LogP contribution >= 0.6 is 11.6 Å². The number of hydrogen-bond donors (Lipinski definition) is 0. The van der Waals surface area contributed by atoms with E-state index in [1.165, 1.54) is 6.20 Å². The Labute approximate surface area is 124 Å². The third-order valence-electron chi connectivity index (χ3n) is 3.19. The van der Waals surface area contributed by atoms with Crippen molar-refractivity contribution in [1.82, 2.24) is 14.9 Å². The molecular formula is C14H20ClN3O2. The van der Waals surface area contributed by atoms with Crippen LogP contribution < -0.4 is 0 Å². The van der Waals surface area contributed by atoms with Crippen molar-refractivity contribution in [2.24, 2.45) is 0 Å². The number of piperidine rings is 1. The van der Waals surface area contributed by atoms with Gasteiger partial charge in [-0.2, -0.15) is 0 Å². The minimum atomic E-state index is -0.452. The number of aromatic nitrogens is 2. The molecule has 0 radical (unpaired) electrons. The van der Waals surface area contributed by atoms with Crippen molar-refractivity contribution >= 4 is 17.7 Å². The predicted molar refractivity (Wildman–Crippen MR) is 76.8 cm³/mol. The lowest BCUT2D eigenvalue weighted by Crippen LogP contribution is -2.41. The Morgan fingerprint density at radius 1 is 1.35 bits per heavy atom. The van der Waals surface area contributed by atoms with E-state index in [2.05, 4.69) is 9.97 Å². The second-order valence-electron chi connectivity index (χ2n) is 6.01. The molecule has 0 aromatic carbocycles. The third kappa shape index (κ3) is 4.07. The summed E-state index contributed by atoms with van der Waals surface area (Å²) in [6.45, 7) is 6.97. The van der Waals surface area contributed by atoms with Gasteiger partial charge in [-0.05, 0) is 33.6 Å². The minimum absolute atomic E-state index is 0.242. The number of amides is 1. The summed E-state index contributed by atoms with van der Waals surface area (Å²) in [6, 6.07) is 0. The van der Waals surface area contributed by atoms with E-state index in [0.717, 1.165) is 18.5 Å². The average molecular weight is 298 g/mol. The van der Waals surface area contributed by atoms with E-state index in [1.54, 1.807) is 11.1 Å². The summed E-state index contributed by atoms with van der Waals surface area (Å²) in [6.07, 6.45) is 4.75. The highest BCUT2D eigenvalue weighted by molar-refractivity contribution is 6.29. The van der Waals surface area contributed by atoms with Crippen LogP contribution in [0.2, 0.25) is 5.15 Å². The summed E-state index contributed by atoms with van der Waals surface area (Å²) >= 11 is 5.86. The zero-order valence-corrected chi connectivity index (χ0v) is 12.9. The normalized spacial score (nSPS) is 17.1. The molecule has 0 spiro atoms. The highest BCUT2D eigenvalue weighted by atomic mass is 35.5. The topological polar surface area (TPSA) is 55.3 Å². The van der Waals surface area contributed by atoms with Crippen molar-refractivity contribution in [3.63, 3.8) is 0 Å². The molecule has 1 aromatic rings. The molecule has 1 saturated heterocycles. The van der Waals surface area contributed by atoms with E-state index in [4.69, 9.17) is 16.3 Å². The van der Waals surface area contributed by atoms with Crippen molar-refractivity contribution in [3.05, 3.63) is 23.2 Å². The Kier molecular flexibility index (Phi) is 4.48. The van der Waals surface area contributed by atoms with Gasteiger partial charge >= 0.3 is 6.09 Å². The summed E-state index contributed by atoms with van der Waals surface area (Å²) < 4.78 is 5.38. The standard InChI is InChI=1S/C14H20ClN3O2/c1-14(2,3)20-13(19)18-6-4-10(5-7-18)11-8-16-9-12(15)17-11/h8-10H,4-7H2,1-3H3. The van der Waals surface area contributed by atoms with Crippen LogP contribution in [0.4, 0.5) is 4.79 Å². The number of carbonyl (C=O) groups is 1. The van der Waals surface area contributed by atoms with Crippen LogP contribution in [0.15, 0.2) is 12.4 Å². The summed E-state index contributed by atoms with van der Waals surface area (Å²) in [5, 5.41) is 0.414. The SMILES string of the molecule is CC(C)(C)OC(=O)N1CCC(c2cncc(Cl)n2)CC1. The molecule has 1 aromatic heterocycles. The molecule has 20 heavy (non-hydrogen) atoms. The third-order valence-corrected chi connectivity index (χ3v) is 3.37. The summed E-state index contributed by atoms with van der Waals surface area (Å²) in [4.78, 5) is 22.1. The Balaban J connectivity index is 1.91. The molecule has 1 amide bonds. The van der Waals surface area contributed by atoms with Crippen molar-refractivity contribution in [2.45, 2.75) is 45.1 Å². The number of halogens is 1. The van der Waals surface area contributed by atoms with Crippen molar-refractivity contribution in [1.29, 1.82) is 0 Å². The Bertz CT molecular complexity index is 480. The number of rotatable bonds is 1. The van der Waals surface area contributed by atoms with Crippen LogP contribution in [0, 0.1) is 0 Å². The van der Waals surface area contributed by atoms with Gasteiger partial charge in [-0.1, -0.05) is 11.6 Å². The fraction of sp³-hybridized carbons (Fsp3) is 0.643. The first kappa shape index (κ1) is 15.0. The van der Waals surface area contributed by atoms with Gasteiger partial charge < -0.3 is 9.64 Å². The molecule has 6 heteroatoms. The van der Waals surface area contributed by atoms with Gasteiger partial charge in [-0.15, -0.1) is 0 Å². The van der Waals surface area contributed by atoms with E-state index in [-0.39, 0.29) is 6.09 Å². The van der Waals surface area contributed by atoms with Crippen LogP contribution in [0.1, 0.15) is 45.2 Å². The van der Waals surface area contributed by atoms with Crippen LogP contribution in [-0.2, 0) is 4.74 Å². The molecule has 0 unspecified atom stereocenters. The quantitative estimate of drug-likeness (QED) is 0.798. The summed E-state index contributed by atoms with van der Waals surface area (Å²) in [5.74, 6) is 0.305. The fourth-order valence-corrected chi connectivity index (χ4v) is 2.39. The number of hydrogen-bond acceptors (Lipinski definition) is 4. The maximum absolute atomic E-state index is 12.0. The van der Waals surface area contributed by atoms with Gasteiger partial charge in [0.15, 0.2) is 0 Å². The Hall–Kier alpha value is -1.36. The number of carbonyl (C=O) groups excluding carboxylic acids is 1. The molecule has 5 nitrogen and oxygen atoms in total. The van der Waals surface area contributed by atoms with E-state index >= 15 is 0 Å². The monoisotopic (exact) mass is 297 g/mol. The molecule has 1 aliphatic heterocycles. The van der Waals surface area contributed by atoms with Crippen LogP contribution in [0.5, 0.6) is 0 Å². The largest absolute Gasteiger partial charge is 0.444 e. The molecule has 0 N–H and O–H groups in total. The van der Waals surface area contributed by atoms with E-state index in [1.807, 2.05) is 20.8 Å². The molecule has 0 atom stereocenters. The van der Waals surface area contributed by atoms with Crippen LogP contribution in [0.3, 0.4) is 0 Å². The Morgan fingerprint density at radius 2 is 2.00 bits per heavy atom. The molecule has 0 bridgehead atoms. The zero-order valence-electron chi connectivity index (χ0n) is 12.1. The molecule has 110 valence electrons. The molecule has 2 rings (SSSR count). The molecule has 2 heterocycles. The van der Waals surface area contributed by atoms with Crippen molar-refractivity contribution in [2.75, 3.05) is 13.1 Å². The number of nitrogens with zero attached hydrogens (tertiary/aromatic N) is 3. The van der Waals surface area contributed by atoms with Gasteiger partial charge in [0, 0.05) is 25.2 Å². The van der Waals surface area contributed by atoms with Crippen LogP contribution in [0.25, 0.3) is 0 Å². The molecule has 0 saturated carbocycles. The van der Waals surface area contributed by atoms with E-state index < -0.39 is 5.60 Å². The second-order valence-corrected chi connectivity index (χ2v) is 6.40. The lowest BCUT2D eigenvalue weighted by Gasteiger charge is -2.33. The summed E-state index contributed by atoms with van der Waals surface area (Å²) in [7, 11) is 0. The lowest BCUT2D eigenvalue weighted by atomic mass is 9.94. The number of likely N-dealkylation sites (tertiary alicyclic amines) is 1. The fourth-order valence-electron chi connectivity index (χ4n) is 2.24. The first-order valence-corrected chi connectivity index (χ1v) is 7.18. The average Bonchev–Trinajstić information content (AvgIpc) is 2.37. The maximum Gasteiger partial charge on any atom is 0.410 e. The van der Waals surface area contributed by atoms with E-state index in [9.17, 15) is 4.79 Å². The van der Waals surface area contributed by atoms with Crippen LogP contribution in [-0.4, -0.2) is 39.7 Å². The highest BCUT2D eigenvalue weighted by Crippen LogP contribution is 2.27. The van der Waals surface area contributed by atoms with Crippen molar-refractivity contribution < 1.29 is 9.53 Å². The van der Waals surface area contributed by atoms with Gasteiger partial charge in [-0.3, -0.25) is 4.98 Å². The van der Waals surface area contributed by atoms with Gasteiger partial charge in [0.2, 0.25) is 0 Å². The second kappa shape index (κ2) is 5.95. The minimum Gasteiger partial charge on any atom is -0.444 e. The first-order chi connectivity index (χ1) is 9.35. The number of ether oxygens (including phenoxy) is 1.